The molecule has 6 heteroatoms. The quantitative estimate of drug-likeness (QED) is 0.618. The van der Waals surface area contributed by atoms with Crippen molar-refractivity contribution in [3.8, 4) is 0 Å². The van der Waals surface area contributed by atoms with Crippen LogP contribution in [0.1, 0.15) is 31.1 Å². The van der Waals surface area contributed by atoms with E-state index in [-0.39, 0.29) is 5.57 Å². The molecule has 100 valence electrons. The molecule has 0 atom stereocenters. The zero-order chi connectivity index (χ0) is 14.2. The molecule has 1 aromatic heterocycles. The summed E-state index contributed by atoms with van der Waals surface area (Å²) in [5.41, 5.74) is 1.72. The van der Waals surface area contributed by atoms with Crippen LogP contribution >= 0.6 is 0 Å². The van der Waals surface area contributed by atoms with Gasteiger partial charge in [0.25, 0.3) is 11.8 Å². The van der Waals surface area contributed by atoms with Gasteiger partial charge in [-0.25, -0.2) is 4.79 Å². The number of urea groups is 1. The third-order valence-corrected chi connectivity index (χ3v) is 2.88. The molecule has 4 amide bonds. The van der Waals surface area contributed by atoms with Gasteiger partial charge in [0.15, 0.2) is 0 Å². The van der Waals surface area contributed by atoms with Crippen molar-refractivity contribution in [1.82, 2.24) is 15.2 Å². The van der Waals surface area contributed by atoms with Crippen molar-refractivity contribution in [1.29, 1.82) is 0 Å². The summed E-state index contributed by atoms with van der Waals surface area (Å²) >= 11 is 0. The summed E-state index contributed by atoms with van der Waals surface area (Å²) in [7, 11) is 0. The molecular weight excluding hydrogens is 246 g/mol. The molecule has 0 aromatic carbocycles. The van der Waals surface area contributed by atoms with Crippen LogP contribution in [-0.2, 0) is 9.59 Å². The molecule has 1 aliphatic heterocycles. The third-order valence-electron chi connectivity index (χ3n) is 2.88. The predicted octanol–water partition coefficient (Wildman–Crippen LogP) is 1.13. The molecular formula is C13H15N3O3. The van der Waals surface area contributed by atoms with Crippen molar-refractivity contribution < 1.29 is 14.4 Å². The van der Waals surface area contributed by atoms with E-state index in [4.69, 9.17) is 0 Å². The molecule has 1 aliphatic rings. The first-order chi connectivity index (χ1) is 8.88. The van der Waals surface area contributed by atoms with Gasteiger partial charge >= 0.3 is 6.03 Å². The third kappa shape index (κ3) is 2.57. The van der Waals surface area contributed by atoms with Crippen LogP contribution in [0.15, 0.2) is 17.8 Å². The maximum absolute atomic E-state index is 11.6. The molecule has 0 aliphatic carbocycles. The minimum absolute atomic E-state index is 0.0690. The Morgan fingerprint density at radius 2 is 1.74 bits per heavy atom. The summed E-state index contributed by atoms with van der Waals surface area (Å²) in [5, 5.41) is 4.08. The first-order valence-corrected chi connectivity index (χ1v) is 5.95. The molecule has 6 nitrogen and oxygen atoms in total. The average Bonchev–Trinajstić information content (AvgIpc) is 2.65. The summed E-state index contributed by atoms with van der Waals surface area (Å²) in [6, 6.07) is 1.38. The Balaban J connectivity index is 2.35. The lowest BCUT2D eigenvalue weighted by Gasteiger charge is -2.13. The minimum atomic E-state index is -0.789. The molecule has 2 rings (SSSR count). The number of barbiturate groups is 1. The number of imide groups is 2. The van der Waals surface area contributed by atoms with Gasteiger partial charge in [0.1, 0.15) is 5.57 Å². The van der Waals surface area contributed by atoms with Crippen molar-refractivity contribution in [2.45, 2.75) is 26.8 Å². The van der Waals surface area contributed by atoms with Gasteiger partial charge in [-0.2, -0.15) is 0 Å². The number of hydrogen-bond donors (Lipinski definition) is 2. The highest BCUT2D eigenvalue weighted by Crippen LogP contribution is 2.17. The molecule has 2 N–H and O–H groups in total. The number of carbonyl (C=O) groups is 3. The second-order valence-electron chi connectivity index (χ2n) is 4.71. The van der Waals surface area contributed by atoms with Crippen molar-refractivity contribution in [3.05, 3.63) is 29.1 Å². The lowest BCUT2D eigenvalue weighted by molar-refractivity contribution is -0.123. The second kappa shape index (κ2) is 4.72. The van der Waals surface area contributed by atoms with E-state index in [1.165, 1.54) is 6.08 Å². The minimum Gasteiger partial charge on any atom is -0.349 e. The van der Waals surface area contributed by atoms with Crippen LogP contribution in [0.5, 0.6) is 0 Å². The second-order valence-corrected chi connectivity index (χ2v) is 4.71. The van der Waals surface area contributed by atoms with Crippen LogP contribution in [0.2, 0.25) is 0 Å². The summed E-state index contributed by atoms with van der Waals surface area (Å²) in [5.74, 6) is -1.35. The molecule has 19 heavy (non-hydrogen) atoms. The number of carbonyl (C=O) groups excluding carboxylic acids is 3. The Kier molecular flexibility index (Phi) is 3.25. The monoisotopic (exact) mass is 261 g/mol. The number of aromatic nitrogens is 1. The summed E-state index contributed by atoms with van der Waals surface area (Å²) in [6.45, 7) is 6.04. The van der Waals surface area contributed by atoms with E-state index in [1.54, 1.807) is 0 Å². The van der Waals surface area contributed by atoms with Crippen LogP contribution in [0.4, 0.5) is 4.79 Å². The highest BCUT2D eigenvalue weighted by atomic mass is 16.2. The number of nitrogens with zero attached hydrogens (tertiary/aromatic N) is 1. The molecule has 0 radical (unpaired) electrons. The summed E-state index contributed by atoms with van der Waals surface area (Å²) in [6.07, 6.45) is 3.34. The van der Waals surface area contributed by atoms with Gasteiger partial charge in [-0.15, -0.1) is 0 Å². The Labute approximate surface area is 110 Å². The highest BCUT2D eigenvalue weighted by molar-refractivity contribution is 6.31. The molecule has 0 spiro atoms. The number of amides is 4. The summed E-state index contributed by atoms with van der Waals surface area (Å²) in [4.78, 5) is 34.1. The highest BCUT2D eigenvalue weighted by Gasteiger charge is 2.27. The average molecular weight is 261 g/mol. The zero-order valence-electron chi connectivity index (χ0n) is 11.0. The van der Waals surface area contributed by atoms with Gasteiger partial charge in [0, 0.05) is 17.9 Å². The van der Waals surface area contributed by atoms with Crippen LogP contribution in [0, 0.1) is 6.92 Å². The zero-order valence-corrected chi connectivity index (χ0v) is 11.0. The van der Waals surface area contributed by atoms with E-state index in [0.29, 0.717) is 6.04 Å². The number of aryl methyl sites for hydroxylation is 1. The smallest absolute Gasteiger partial charge is 0.328 e. The summed E-state index contributed by atoms with van der Waals surface area (Å²) < 4.78 is 2.04. The topological polar surface area (TPSA) is 80.2 Å². The van der Waals surface area contributed by atoms with Gasteiger partial charge in [-0.05, 0) is 38.5 Å². The number of nitrogens with one attached hydrogen (secondary N) is 2. The van der Waals surface area contributed by atoms with E-state index >= 15 is 0 Å². The van der Waals surface area contributed by atoms with Gasteiger partial charge < -0.3 is 4.57 Å². The Hall–Kier alpha value is -2.37. The fourth-order valence-corrected chi connectivity index (χ4v) is 2.02. The van der Waals surface area contributed by atoms with Crippen LogP contribution in [-0.4, -0.2) is 22.4 Å². The van der Waals surface area contributed by atoms with E-state index in [2.05, 4.69) is 0 Å². The molecule has 1 aromatic rings. The van der Waals surface area contributed by atoms with E-state index in [1.807, 2.05) is 48.2 Å². The normalized spacial score (nSPS) is 15.6. The molecule has 0 saturated carbocycles. The molecule has 0 unspecified atom stereocenters. The fourth-order valence-electron chi connectivity index (χ4n) is 2.02. The largest absolute Gasteiger partial charge is 0.349 e. The Morgan fingerprint density at radius 3 is 2.21 bits per heavy atom. The standard InChI is InChI=1S/C13H15N3O3/c1-7(2)16-6-9(4-8(16)3)5-10-11(17)14-13(19)15-12(10)18/h4-7H,1-3H3,(H2,14,15,17,18,19). The maximum atomic E-state index is 11.6. The number of hydrogen-bond acceptors (Lipinski definition) is 3. The van der Waals surface area contributed by atoms with Crippen LogP contribution in [0.3, 0.4) is 0 Å². The van der Waals surface area contributed by atoms with Gasteiger partial charge in [0.2, 0.25) is 0 Å². The van der Waals surface area contributed by atoms with Crippen molar-refractivity contribution in [2.75, 3.05) is 0 Å². The van der Waals surface area contributed by atoms with E-state index in [0.717, 1.165) is 11.3 Å². The molecule has 1 fully saturated rings. The lowest BCUT2D eigenvalue weighted by Crippen LogP contribution is -2.51. The van der Waals surface area contributed by atoms with E-state index < -0.39 is 17.8 Å². The van der Waals surface area contributed by atoms with Crippen LogP contribution in [0.25, 0.3) is 6.08 Å². The molecule has 2 heterocycles. The Morgan fingerprint density at radius 1 is 1.16 bits per heavy atom. The maximum Gasteiger partial charge on any atom is 0.328 e. The van der Waals surface area contributed by atoms with Crippen LogP contribution < -0.4 is 10.6 Å². The predicted molar refractivity (Wildman–Crippen MR) is 69.2 cm³/mol. The molecule has 0 bridgehead atoms. The van der Waals surface area contributed by atoms with Crippen molar-refractivity contribution in [3.63, 3.8) is 0 Å². The van der Waals surface area contributed by atoms with E-state index in [9.17, 15) is 14.4 Å². The molecule has 1 saturated heterocycles. The van der Waals surface area contributed by atoms with Crippen molar-refractivity contribution in [2.24, 2.45) is 0 Å². The van der Waals surface area contributed by atoms with Gasteiger partial charge in [-0.3, -0.25) is 20.2 Å². The number of rotatable bonds is 2. The first-order valence-electron chi connectivity index (χ1n) is 5.95. The van der Waals surface area contributed by atoms with Crippen molar-refractivity contribution >= 4 is 23.9 Å². The lowest BCUT2D eigenvalue weighted by atomic mass is 10.1. The fraction of sp³-hybridized carbons (Fsp3) is 0.308. The van der Waals surface area contributed by atoms with Gasteiger partial charge in [0.05, 0.1) is 0 Å². The SMILES string of the molecule is Cc1cc(C=C2C(=O)NC(=O)NC2=O)cn1C(C)C. The van der Waals surface area contributed by atoms with Gasteiger partial charge in [-0.1, -0.05) is 0 Å². The first kappa shape index (κ1) is 13.1. The Bertz CT molecular complexity index is 574.